The molecule has 1 saturated heterocycles. The predicted octanol–water partition coefficient (Wildman–Crippen LogP) is 6.80. The Balaban J connectivity index is 0.00000405. The second kappa shape index (κ2) is 14.2. The summed E-state index contributed by atoms with van der Waals surface area (Å²) in [5.74, 6) is -1.22. The van der Waals surface area contributed by atoms with Crippen LogP contribution in [0.2, 0.25) is 0 Å². The van der Waals surface area contributed by atoms with Gasteiger partial charge in [0.15, 0.2) is 5.54 Å². The maximum absolute atomic E-state index is 13.6. The van der Waals surface area contributed by atoms with E-state index in [0.29, 0.717) is 23.5 Å². The molecule has 2 atom stereocenters. The number of carbonyl (C=O) groups is 2. The molecule has 1 heterocycles. The summed E-state index contributed by atoms with van der Waals surface area (Å²) in [6, 6.07) is 36.2. The molecule has 1 fully saturated rings. The van der Waals surface area contributed by atoms with Crippen LogP contribution in [0.3, 0.4) is 0 Å². The van der Waals surface area contributed by atoms with Crippen molar-refractivity contribution in [1.82, 2.24) is 4.90 Å². The molecule has 0 aliphatic carbocycles. The van der Waals surface area contributed by atoms with Crippen molar-refractivity contribution in [3.63, 3.8) is 0 Å². The van der Waals surface area contributed by atoms with E-state index < -0.39 is 11.5 Å². The third-order valence-corrected chi connectivity index (χ3v) is 7.52. The first-order valence-electron chi connectivity index (χ1n) is 14.0. The molecule has 1 aliphatic rings. The Hall–Kier alpha value is -4.06. The van der Waals surface area contributed by atoms with Gasteiger partial charge in [0.05, 0.1) is 17.7 Å². The van der Waals surface area contributed by atoms with Crippen molar-refractivity contribution in [2.45, 2.75) is 44.3 Å². The largest absolute Gasteiger partial charge is 2.00 e. The predicted molar refractivity (Wildman–Crippen MR) is 163 cm³/mol. The van der Waals surface area contributed by atoms with Crippen molar-refractivity contribution < 1.29 is 31.2 Å². The molecule has 1 N–H and O–H groups in total. The Labute approximate surface area is 257 Å². The SMILES string of the molecule is C[C@@](Cc1ccccc1)(N=C(c1ccccc1)c1ccccc1[N-]C(=O)[C@@H]1CCCN1Cc1ccccc1)C(=O)O.[Ni+2]. The fourth-order valence-electron chi connectivity index (χ4n) is 5.36. The van der Waals surface area contributed by atoms with Crippen LogP contribution >= 0.6 is 0 Å². The Morgan fingerprint density at radius 1 is 0.857 bits per heavy atom. The van der Waals surface area contributed by atoms with Gasteiger partial charge in [-0.3, -0.25) is 9.89 Å². The summed E-state index contributed by atoms with van der Waals surface area (Å²) in [5, 5.41) is 15.0. The summed E-state index contributed by atoms with van der Waals surface area (Å²) in [6.07, 6.45) is 1.91. The van der Waals surface area contributed by atoms with Crippen molar-refractivity contribution in [1.29, 1.82) is 0 Å². The topological polar surface area (TPSA) is 84.1 Å². The maximum Gasteiger partial charge on any atom is 2.00 e. The van der Waals surface area contributed by atoms with Gasteiger partial charge in [0, 0.05) is 18.5 Å². The third kappa shape index (κ3) is 7.41. The summed E-state index contributed by atoms with van der Waals surface area (Å²) < 4.78 is 0. The monoisotopic (exact) mass is 602 g/mol. The summed E-state index contributed by atoms with van der Waals surface area (Å²) in [6.45, 7) is 3.17. The van der Waals surface area contributed by atoms with Crippen LogP contribution in [0.5, 0.6) is 0 Å². The van der Waals surface area contributed by atoms with Crippen LogP contribution in [0, 0.1) is 0 Å². The van der Waals surface area contributed by atoms with E-state index in [0.717, 1.165) is 36.1 Å². The number of carbonyl (C=O) groups excluding carboxylic acids is 1. The molecule has 5 rings (SSSR count). The van der Waals surface area contributed by atoms with Gasteiger partial charge in [-0.15, -0.1) is 5.69 Å². The Morgan fingerprint density at radius 2 is 1.43 bits per heavy atom. The van der Waals surface area contributed by atoms with Gasteiger partial charge in [0.1, 0.15) is 0 Å². The summed E-state index contributed by atoms with van der Waals surface area (Å²) in [4.78, 5) is 33.4. The standard InChI is InChI=1S/C35H35N3O3.Ni/c1-35(34(40)41,24-26-14-5-2-6-15-26)37-32(28-18-9-4-10-19-28)29-20-11-12-21-30(29)36-33(39)31-22-13-23-38(31)25-27-16-7-3-8-17-27;/h2-12,14-21,31H,13,22-25H2,1H3,(H2,36,37,39,40,41);/q;+2/p-1/t31-,35-;/m0./s1. The molecule has 1 aliphatic heterocycles. The summed E-state index contributed by atoms with van der Waals surface area (Å²) in [7, 11) is 0. The van der Waals surface area contributed by atoms with Gasteiger partial charge >= 0.3 is 22.5 Å². The molecule has 0 aromatic heterocycles. The maximum atomic E-state index is 13.6. The number of hydrogen-bond acceptors (Lipinski definition) is 4. The molecule has 1 amide bonds. The first-order chi connectivity index (χ1) is 19.9. The molecule has 0 spiro atoms. The Kier molecular flexibility index (Phi) is 10.5. The normalized spacial score (nSPS) is 16.7. The average Bonchev–Trinajstić information content (AvgIpc) is 3.46. The van der Waals surface area contributed by atoms with Crippen molar-refractivity contribution in [3.05, 3.63) is 143 Å². The molecular formula is C35H34N3NiO3+. The number of aliphatic imine (C=N–C) groups is 1. The molecule has 0 unspecified atom stereocenters. The second-order valence-corrected chi connectivity index (χ2v) is 10.6. The quantitative estimate of drug-likeness (QED) is 0.160. The number of nitrogens with zero attached hydrogens (tertiary/aromatic N) is 3. The van der Waals surface area contributed by atoms with Crippen molar-refractivity contribution >= 4 is 23.3 Å². The van der Waals surface area contributed by atoms with E-state index in [4.69, 9.17) is 4.99 Å². The van der Waals surface area contributed by atoms with Crippen LogP contribution in [-0.2, 0) is 39.0 Å². The number of para-hydroxylation sites is 1. The van der Waals surface area contributed by atoms with Crippen LogP contribution in [0.4, 0.5) is 5.69 Å². The number of rotatable bonds is 10. The summed E-state index contributed by atoms with van der Waals surface area (Å²) >= 11 is 0. The van der Waals surface area contributed by atoms with Gasteiger partial charge in [-0.1, -0.05) is 115 Å². The molecule has 42 heavy (non-hydrogen) atoms. The third-order valence-electron chi connectivity index (χ3n) is 7.52. The molecular weight excluding hydrogens is 569 g/mol. The second-order valence-electron chi connectivity index (χ2n) is 10.6. The Bertz CT molecular complexity index is 1510. The first kappa shape index (κ1) is 30.9. The smallest absolute Gasteiger partial charge is 0.625 e. The van der Waals surface area contributed by atoms with E-state index in [-0.39, 0.29) is 34.9 Å². The van der Waals surface area contributed by atoms with Crippen molar-refractivity contribution in [2.75, 3.05) is 6.54 Å². The zero-order chi connectivity index (χ0) is 28.7. The number of benzene rings is 4. The number of carboxylic acids is 1. The molecule has 4 aromatic rings. The summed E-state index contributed by atoms with van der Waals surface area (Å²) in [5.41, 5.74) is 2.96. The van der Waals surface area contributed by atoms with Crippen molar-refractivity contribution in [2.24, 2.45) is 4.99 Å². The molecule has 6 nitrogen and oxygen atoms in total. The van der Waals surface area contributed by atoms with Crippen molar-refractivity contribution in [3.8, 4) is 0 Å². The molecule has 4 aromatic carbocycles. The Morgan fingerprint density at radius 3 is 2.07 bits per heavy atom. The van der Waals surface area contributed by atoms with E-state index in [1.807, 2.05) is 97.1 Å². The minimum Gasteiger partial charge on any atom is -0.625 e. The minimum atomic E-state index is -1.44. The number of likely N-dealkylation sites (tertiary alicyclic amines) is 1. The van der Waals surface area contributed by atoms with Gasteiger partial charge in [-0.05, 0) is 43.0 Å². The van der Waals surface area contributed by atoms with Crippen LogP contribution in [-0.4, -0.2) is 45.7 Å². The van der Waals surface area contributed by atoms with Crippen LogP contribution in [0.1, 0.15) is 42.0 Å². The number of amides is 1. The van der Waals surface area contributed by atoms with Crippen LogP contribution in [0.15, 0.2) is 120 Å². The average molecular weight is 603 g/mol. The number of hydrogen-bond donors (Lipinski definition) is 1. The van der Waals surface area contributed by atoms with E-state index >= 15 is 0 Å². The zero-order valence-electron chi connectivity index (χ0n) is 23.5. The van der Waals surface area contributed by atoms with E-state index in [2.05, 4.69) is 22.3 Å². The van der Waals surface area contributed by atoms with Gasteiger partial charge in [-0.2, -0.15) is 0 Å². The fraction of sp³-hybridized carbons (Fsp3) is 0.229. The van der Waals surface area contributed by atoms with Gasteiger partial charge < -0.3 is 15.2 Å². The van der Waals surface area contributed by atoms with Crippen LogP contribution in [0.25, 0.3) is 5.32 Å². The zero-order valence-corrected chi connectivity index (χ0v) is 24.5. The molecule has 7 heteroatoms. The van der Waals surface area contributed by atoms with Gasteiger partial charge in [0.2, 0.25) is 0 Å². The molecule has 0 saturated carbocycles. The van der Waals surface area contributed by atoms with Gasteiger partial charge in [-0.25, -0.2) is 4.79 Å². The van der Waals surface area contributed by atoms with Gasteiger partial charge in [0.25, 0.3) is 0 Å². The van der Waals surface area contributed by atoms with E-state index in [1.165, 1.54) is 0 Å². The fourth-order valence-corrected chi connectivity index (χ4v) is 5.36. The molecule has 0 radical (unpaired) electrons. The minimum absolute atomic E-state index is 0. The number of aliphatic carboxylic acids is 1. The molecule has 216 valence electrons. The van der Waals surface area contributed by atoms with Crippen LogP contribution < -0.4 is 0 Å². The number of carboxylic acid groups (broad SMARTS) is 1. The van der Waals surface area contributed by atoms with E-state index in [9.17, 15) is 14.7 Å². The first-order valence-corrected chi connectivity index (χ1v) is 14.0. The molecule has 0 bridgehead atoms. The van der Waals surface area contributed by atoms with E-state index in [1.54, 1.807) is 13.0 Å².